The SMILES string of the molecule is O=c1ccn(C2OC(COP(=O)(O)OP(=O)(O)OC3OC(CO)C(O)C(O)[C@H]3O)C(O)C2O)c(=O)[nH]1. The van der Waals surface area contributed by atoms with Crippen LogP contribution in [0, 0.1) is 0 Å². The van der Waals surface area contributed by atoms with Crippen LogP contribution in [0.4, 0.5) is 0 Å². The van der Waals surface area contributed by atoms with Gasteiger partial charge in [-0.1, -0.05) is 0 Å². The summed E-state index contributed by atoms with van der Waals surface area (Å²) in [5, 5.41) is 58.6. The number of phosphoric acid groups is 2. The Bertz CT molecular complexity index is 1120. The van der Waals surface area contributed by atoms with Crippen LogP contribution in [0.3, 0.4) is 0 Å². The summed E-state index contributed by atoms with van der Waals surface area (Å²) in [4.78, 5) is 44.5. The topological polar surface area (TPSA) is 297 Å². The molecule has 2 saturated heterocycles. The number of H-pyrrole nitrogens is 1. The zero-order chi connectivity index (χ0) is 27.0. The fourth-order valence-corrected chi connectivity index (χ4v) is 5.51. The van der Waals surface area contributed by atoms with Gasteiger partial charge in [0.1, 0.15) is 42.7 Å². The molecule has 3 heterocycles. The molecule has 10 unspecified atom stereocenters. The molecule has 11 atom stereocenters. The summed E-state index contributed by atoms with van der Waals surface area (Å²) in [6.45, 7) is -1.93. The Morgan fingerprint density at radius 1 is 0.917 bits per heavy atom. The lowest BCUT2D eigenvalue weighted by atomic mass is 10.00. The molecule has 0 aromatic carbocycles. The van der Waals surface area contributed by atoms with Gasteiger partial charge in [-0.15, -0.1) is 0 Å². The Kier molecular flexibility index (Phi) is 9.05. The number of hydrogen-bond acceptors (Lipinski definition) is 15. The van der Waals surface area contributed by atoms with Crippen molar-refractivity contribution < 1.29 is 72.4 Å². The molecular weight excluding hydrogens is 542 g/mol. The van der Waals surface area contributed by atoms with E-state index in [1.807, 2.05) is 4.98 Å². The summed E-state index contributed by atoms with van der Waals surface area (Å²) in [5.41, 5.74) is -1.75. The van der Waals surface area contributed by atoms with Crippen molar-refractivity contribution in [1.82, 2.24) is 9.55 Å². The van der Waals surface area contributed by atoms with Crippen molar-refractivity contribution in [3.63, 3.8) is 0 Å². The minimum absolute atomic E-state index is 0.723. The molecule has 19 nitrogen and oxygen atoms in total. The molecule has 206 valence electrons. The van der Waals surface area contributed by atoms with E-state index < -0.39 is 95.4 Å². The van der Waals surface area contributed by atoms with E-state index in [-0.39, 0.29) is 0 Å². The number of aliphatic hydroxyl groups excluding tert-OH is 6. The number of hydrogen-bond donors (Lipinski definition) is 9. The van der Waals surface area contributed by atoms with E-state index in [4.69, 9.17) is 14.6 Å². The lowest BCUT2D eigenvalue weighted by Crippen LogP contribution is -2.58. The Balaban J connectivity index is 1.61. The maximum absolute atomic E-state index is 12.2. The van der Waals surface area contributed by atoms with Crippen molar-refractivity contribution in [3.05, 3.63) is 33.1 Å². The molecule has 1 aromatic heterocycles. The average molecular weight is 566 g/mol. The van der Waals surface area contributed by atoms with E-state index in [9.17, 15) is 54.0 Å². The molecule has 21 heteroatoms. The Labute approximate surface area is 199 Å². The molecule has 0 amide bonds. The van der Waals surface area contributed by atoms with Gasteiger partial charge in [0.15, 0.2) is 12.5 Å². The molecule has 0 radical (unpaired) electrons. The molecule has 2 fully saturated rings. The second-order valence-corrected chi connectivity index (χ2v) is 10.7. The van der Waals surface area contributed by atoms with Crippen LogP contribution in [0.15, 0.2) is 21.9 Å². The van der Waals surface area contributed by atoms with Gasteiger partial charge in [-0.25, -0.2) is 13.9 Å². The molecule has 0 aliphatic carbocycles. The first kappa shape index (κ1) is 29.2. The van der Waals surface area contributed by atoms with Crippen LogP contribution in [0.25, 0.3) is 0 Å². The van der Waals surface area contributed by atoms with Crippen molar-refractivity contribution in [1.29, 1.82) is 0 Å². The molecule has 2 aliphatic heterocycles. The molecule has 1 aromatic rings. The lowest BCUT2D eigenvalue weighted by molar-refractivity contribution is -0.280. The zero-order valence-corrected chi connectivity index (χ0v) is 19.6. The van der Waals surface area contributed by atoms with E-state index in [1.54, 1.807) is 0 Å². The number of phosphoric ester groups is 2. The second-order valence-electron chi connectivity index (χ2n) is 7.68. The second kappa shape index (κ2) is 11.2. The number of nitrogens with zero attached hydrogens (tertiary/aromatic N) is 1. The van der Waals surface area contributed by atoms with E-state index >= 15 is 0 Å². The number of aromatic nitrogens is 2. The third kappa shape index (κ3) is 6.54. The quantitative estimate of drug-likeness (QED) is 0.127. The van der Waals surface area contributed by atoms with Crippen molar-refractivity contribution >= 4 is 15.6 Å². The summed E-state index contributed by atoms with van der Waals surface area (Å²) in [5.74, 6) is 0. The number of aliphatic hydroxyl groups is 6. The van der Waals surface area contributed by atoms with Gasteiger partial charge in [-0.2, -0.15) is 4.31 Å². The third-order valence-electron chi connectivity index (χ3n) is 5.16. The highest BCUT2D eigenvalue weighted by Gasteiger charge is 2.49. The maximum Gasteiger partial charge on any atom is 0.483 e. The van der Waals surface area contributed by atoms with Gasteiger partial charge >= 0.3 is 21.3 Å². The predicted octanol–water partition coefficient (Wildman–Crippen LogP) is -4.79. The van der Waals surface area contributed by atoms with Crippen LogP contribution in [-0.2, 0) is 32.0 Å². The normalized spacial score (nSPS) is 38.4. The van der Waals surface area contributed by atoms with Gasteiger partial charge in [0.25, 0.3) is 5.56 Å². The predicted molar refractivity (Wildman–Crippen MR) is 109 cm³/mol. The van der Waals surface area contributed by atoms with Crippen LogP contribution >= 0.6 is 15.6 Å². The molecule has 36 heavy (non-hydrogen) atoms. The van der Waals surface area contributed by atoms with Gasteiger partial charge in [-0.05, 0) is 0 Å². The fourth-order valence-electron chi connectivity index (χ4n) is 3.35. The number of aromatic amines is 1. The highest BCUT2D eigenvalue weighted by molar-refractivity contribution is 7.61. The first-order valence-electron chi connectivity index (χ1n) is 9.99. The minimum atomic E-state index is -5.59. The molecule has 2 aliphatic rings. The van der Waals surface area contributed by atoms with E-state index in [2.05, 4.69) is 13.4 Å². The van der Waals surface area contributed by atoms with Gasteiger partial charge in [-0.3, -0.25) is 23.4 Å². The fraction of sp³-hybridized carbons (Fsp3) is 0.733. The average Bonchev–Trinajstić information content (AvgIpc) is 3.06. The van der Waals surface area contributed by atoms with Crippen LogP contribution in [0.1, 0.15) is 6.23 Å². The smallest absolute Gasteiger partial charge is 0.394 e. The summed E-state index contributed by atoms with van der Waals surface area (Å²) in [6, 6.07) is 0.928. The Morgan fingerprint density at radius 2 is 1.56 bits per heavy atom. The standard InChI is InChI=1S/C15H24N2O17P2/c18-3-5-8(20)10(22)12(24)14(32-5)33-36(28,29)34-35(26,27)30-4-6-9(21)11(23)13(31-6)17-2-1-7(19)16-15(17)25/h1-2,5-6,8-14,18,20-24H,3-4H2,(H,26,27)(H,28,29)(H,16,19,25)/t5?,6?,8?,9?,10?,11?,12-,13?,14?/m1/s1. The van der Waals surface area contributed by atoms with Gasteiger partial charge in [0, 0.05) is 12.3 Å². The highest BCUT2D eigenvalue weighted by atomic mass is 31.3. The molecular formula is C15H24N2O17P2. The van der Waals surface area contributed by atoms with Crippen LogP contribution in [-0.4, -0.2) is 112 Å². The summed E-state index contributed by atoms with van der Waals surface area (Å²) in [7, 11) is -11.1. The summed E-state index contributed by atoms with van der Waals surface area (Å²) >= 11 is 0. The molecule has 0 spiro atoms. The Morgan fingerprint density at radius 3 is 2.17 bits per heavy atom. The molecule has 0 bridgehead atoms. The third-order valence-corrected chi connectivity index (χ3v) is 7.76. The van der Waals surface area contributed by atoms with Gasteiger partial charge < -0.3 is 49.9 Å². The molecule has 9 N–H and O–H groups in total. The zero-order valence-electron chi connectivity index (χ0n) is 17.9. The highest BCUT2D eigenvalue weighted by Crippen LogP contribution is 2.61. The number of ether oxygens (including phenoxy) is 2. The van der Waals surface area contributed by atoms with Crippen molar-refractivity contribution in [2.24, 2.45) is 0 Å². The van der Waals surface area contributed by atoms with Crippen LogP contribution in [0.5, 0.6) is 0 Å². The first-order valence-corrected chi connectivity index (χ1v) is 13.0. The molecule has 0 saturated carbocycles. The molecule has 3 rings (SSSR count). The lowest BCUT2D eigenvalue weighted by Gasteiger charge is -2.39. The number of nitrogens with one attached hydrogen (secondary N) is 1. The largest absolute Gasteiger partial charge is 0.483 e. The van der Waals surface area contributed by atoms with Crippen LogP contribution < -0.4 is 11.2 Å². The maximum atomic E-state index is 12.2. The van der Waals surface area contributed by atoms with E-state index in [0.717, 1.165) is 16.8 Å². The number of rotatable bonds is 9. The van der Waals surface area contributed by atoms with E-state index in [0.29, 0.717) is 0 Å². The summed E-state index contributed by atoms with van der Waals surface area (Å²) in [6.07, 6.45) is -15.4. The monoisotopic (exact) mass is 566 g/mol. The van der Waals surface area contributed by atoms with Crippen molar-refractivity contribution in [2.75, 3.05) is 13.2 Å². The Hall–Kier alpha value is -1.38. The summed E-state index contributed by atoms with van der Waals surface area (Å²) < 4.78 is 48.1. The van der Waals surface area contributed by atoms with Gasteiger partial charge in [0.05, 0.1) is 13.2 Å². The van der Waals surface area contributed by atoms with E-state index in [1.165, 1.54) is 0 Å². The first-order chi connectivity index (χ1) is 16.7. The minimum Gasteiger partial charge on any atom is -0.394 e. The van der Waals surface area contributed by atoms with Crippen molar-refractivity contribution in [3.8, 4) is 0 Å². The van der Waals surface area contributed by atoms with Gasteiger partial charge in [0.2, 0.25) is 0 Å². The van der Waals surface area contributed by atoms with Crippen molar-refractivity contribution in [2.45, 2.75) is 55.2 Å². The van der Waals surface area contributed by atoms with Crippen LogP contribution in [0.2, 0.25) is 0 Å².